The van der Waals surface area contributed by atoms with E-state index in [9.17, 15) is 9.59 Å². The molecule has 0 radical (unpaired) electrons. The maximum absolute atomic E-state index is 11.3. The van der Waals surface area contributed by atoms with Crippen molar-refractivity contribution in [2.75, 3.05) is 39.6 Å². The molecule has 36 heavy (non-hydrogen) atoms. The van der Waals surface area contributed by atoms with Crippen molar-refractivity contribution < 1.29 is 38.0 Å². The molecular weight excluding hydrogens is 464 g/mol. The highest BCUT2D eigenvalue weighted by molar-refractivity contribution is 5.95. The average molecular weight is 493 g/mol. The van der Waals surface area contributed by atoms with Crippen LogP contribution >= 0.6 is 0 Å². The van der Waals surface area contributed by atoms with E-state index in [0.29, 0.717) is 23.9 Å². The van der Waals surface area contributed by atoms with Gasteiger partial charge in [-0.2, -0.15) is 0 Å². The Balaban J connectivity index is 1.77. The number of para-hydroxylation sites is 1. The second kappa shape index (κ2) is 14.1. The number of fused-ring (bicyclic) bond motifs is 1. The lowest BCUT2D eigenvalue weighted by Gasteiger charge is -2.18. The van der Waals surface area contributed by atoms with Crippen LogP contribution in [0.25, 0.3) is 10.8 Å². The van der Waals surface area contributed by atoms with Crippen LogP contribution in [-0.4, -0.2) is 51.6 Å². The lowest BCUT2D eigenvalue weighted by atomic mass is 10.1. The van der Waals surface area contributed by atoms with Gasteiger partial charge in [0, 0.05) is 29.0 Å². The van der Waals surface area contributed by atoms with Gasteiger partial charge in [0.25, 0.3) is 0 Å². The summed E-state index contributed by atoms with van der Waals surface area (Å²) in [6.45, 7) is 7.65. The molecule has 3 aromatic carbocycles. The van der Waals surface area contributed by atoms with Crippen LogP contribution in [0.15, 0.2) is 86.0 Å². The highest BCUT2D eigenvalue weighted by Crippen LogP contribution is 2.41. The van der Waals surface area contributed by atoms with Gasteiger partial charge >= 0.3 is 11.9 Å². The third kappa shape index (κ3) is 7.80. The topological polar surface area (TPSA) is 89.5 Å². The molecule has 188 valence electrons. The van der Waals surface area contributed by atoms with Crippen molar-refractivity contribution in [3.05, 3.63) is 86.0 Å². The first-order chi connectivity index (χ1) is 17.6. The highest BCUT2D eigenvalue weighted by atomic mass is 16.6. The molecule has 0 spiro atoms. The summed E-state index contributed by atoms with van der Waals surface area (Å²) in [4.78, 5) is 22.6. The number of carbonyl (C=O) groups excluding carboxylic acids is 2. The minimum atomic E-state index is -0.529. The van der Waals surface area contributed by atoms with Crippen LogP contribution in [0.1, 0.15) is 0 Å². The van der Waals surface area contributed by atoms with Gasteiger partial charge in [0.15, 0.2) is 11.5 Å². The smallest absolute Gasteiger partial charge is 0.330 e. The first-order valence-corrected chi connectivity index (χ1v) is 11.3. The van der Waals surface area contributed by atoms with Crippen molar-refractivity contribution in [1.82, 2.24) is 0 Å². The van der Waals surface area contributed by atoms with Gasteiger partial charge < -0.3 is 28.4 Å². The number of hydrogen-bond acceptors (Lipinski definition) is 8. The average Bonchev–Trinajstić information content (AvgIpc) is 2.92. The molecule has 0 heterocycles. The van der Waals surface area contributed by atoms with Crippen LogP contribution in [0.5, 0.6) is 23.0 Å². The minimum absolute atomic E-state index is 0.0443. The zero-order valence-corrected chi connectivity index (χ0v) is 19.9. The van der Waals surface area contributed by atoms with E-state index < -0.39 is 11.9 Å². The predicted octanol–water partition coefficient (Wildman–Crippen LogP) is 4.51. The van der Waals surface area contributed by atoms with E-state index in [1.54, 1.807) is 6.07 Å². The van der Waals surface area contributed by atoms with Crippen molar-refractivity contribution in [3.8, 4) is 23.0 Å². The third-order valence-electron chi connectivity index (χ3n) is 4.77. The van der Waals surface area contributed by atoms with E-state index >= 15 is 0 Å². The third-order valence-corrected chi connectivity index (χ3v) is 4.77. The summed E-state index contributed by atoms with van der Waals surface area (Å²) in [5.41, 5.74) is 0. The van der Waals surface area contributed by atoms with Gasteiger partial charge in [0.05, 0.1) is 0 Å². The van der Waals surface area contributed by atoms with E-state index in [1.165, 1.54) is 0 Å². The van der Waals surface area contributed by atoms with Crippen molar-refractivity contribution in [3.63, 3.8) is 0 Å². The zero-order valence-electron chi connectivity index (χ0n) is 19.9. The molecule has 0 fully saturated rings. The zero-order chi connectivity index (χ0) is 25.6. The summed E-state index contributed by atoms with van der Waals surface area (Å²) in [5, 5.41) is 1.52. The van der Waals surface area contributed by atoms with E-state index in [2.05, 4.69) is 13.2 Å². The molecule has 0 aliphatic carbocycles. The predicted molar refractivity (Wildman–Crippen MR) is 135 cm³/mol. The molecule has 0 saturated carbocycles. The first kappa shape index (κ1) is 26.2. The number of hydrogen-bond donors (Lipinski definition) is 0. The molecule has 0 N–H and O–H groups in total. The Morgan fingerprint density at radius 3 is 1.81 bits per heavy atom. The van der Waals surface area contributed by atoms with E-state index in [-0.39, 0.29) is 33.0 Å². The fraction of sp³-hybridized carbons (Fsp3) is 0.214. The van der Waals surface area contributed by atoms with Gasteiger partial charge in [-0.1, -0.05) is 55.6 Å². The van der Waals surface area contributed by atoms with Gasteiger partial charge in [-0.05, 0) is 12.1 Å². The highest BCUT2D eigenvalue weighted by Gasteiger charge is 2.16. The minimum Gasteiger partial charge on any atom is -0.490 e. The summed E-state index contributed by atoms with van der Waals surface area (Å²) < 4.78 is 33.6. The van der Waals surface area contributed by atoms with Crippen LogP contribution in [0.2, 0.25) is 0 Å². The Kier molecular flexibility index (Phi) is 10.2. The normalized spacial score (nSPS) is 10.2. The second-order valence-corrected chi connectivity index (χ2v) is 7.20. The molecule has 0 bridgehead atoms. The molecule has 0 saturated heterocycles. The van der Waals surface area contributed by atoms with Gasteiger partial charge in [0.1, 0.15) is 51.1 Å². The quantitative estimate of drug-likeness (QED) is 0.174. The Hall–Kier alpha value is -4.46. The standard InChI is InChI=1S/C28H28O8/c1-3-26(29)34-17-16-32-24-20-25(33-15-14-31-21-10-6-5-7-11-21)28(23-13-9-8-12-22(23)24)36-19-18-35-27(30)4-2/h3-13,20H,1-2,14-19H2. The first-order valence-electron chi connectivity index (χ1n) is 11.3. The monoisotopic (exact) mass is 492 g/mol. The molecule has 3 aromatic rings. The Bertz CT molecular complexity index is 1170. The van der Waals surface area contributed by atoms with Gasteiger partial charge in [0.2, 0.25) is 0 Å². The van der Waals surface area contributed by atoms with E-state index in [4.69, 9.17) is 28.4 Å². The summed E-state index contributed by atoms with van der Waals surface area (Å²) in [7, 11) is 0. The summed E-state index contributed by atoms with van der Waals surface area (Å²) in [5.74, 6) is 1.12. The Labute approximate surface area is 209 Å². The largest absolute Gasteiger partial charge is 0.490 e. The lowest BCUT2D eigenvalue weighted by molar-refractivity contribution is -0.139. The molecular formula is C28H28O8. The molecule has 0 aliphatic rings. The van der Waals surface area contributed by atoms with Crippen LogP contribution in [-0.2, 0) is 19.1 Å². The van der Waals surface area contributed by atoms with Crippen LogP contribution in [0, 0.1) is 0 Å². The van der Waals surface area contributed by atoms with Gasteiger partial charge in [-0.25, -0.2) is 9.59 Å². The molecule has 0 atom stereocenters. The second-order valence-electron chi connectivity index (χ2n) is 7.20. The van der Waals surface area contributed by atoms with Crippen LogP contribution in [0.4, 0.5) is 0 Å². The Morgan fingerprint density at radius 2 is 1.14 bits per heavy atom. The molecule has 8 nitrogen and oxygen atoms in total. The fourth-order valence-electron chi connectivity index (χ4n) is 3.19. The molecule has 0 aliphatic heterocycles. The number of benzene rings is 3. The number of carbonyl (C=O) groups is 2. The number of rotatable bonds is 15. The molecule has 0 unspecified atom stereocenters. The van der Waals surface area contributed by atoms with Crippen molar-refractivity contribution >= 4 is 22.7 Å². The Morgan fingerprint density at radius 1 is 0.611 bits per heavy atom. The van der Waals surface area contributed by atoms with Crippen molar-refractivity contribution in [2.24, 2.45) is 0 Å². The van der Waals surface area contributed by atoms with Crippen LogP contribution in [0.3, 0.4) is 0 Å². The van der Waals surface area contributed by atoms with E-state index in [0.717, 1.165) is 28.7 Å². The fourth-order valence-corrected chi connectivity index (χ4v) is 3.19. The lowest BCUT2D eigenvalue weighted by Crippen LogP contribution is -2.13. The van der Waals surface area contributed by atoms with Crippen molar-refractivity contribution in [2.45, 2.75) is 0 Å². The maximum atomic E-state index is 11.3. The van der Waals surface area contributed by atoms with Crippen molar-refractivity contribution in [1.29, 1.82) is 0 Å². The van der Waals surface area contributed by atoms with Gasteiger partial charge in [-0.15, -0.1) is 0 Å². The summed E-state index contributed by atoms with van der Waals surface area (Å²) in [6, 6.07) is 18.6. The maximum Gasteiger partial charge on any atom is 0.330 e. The molecule has 8 heteroatoms. The van der Waals surface area contributed by atoms with Gasteiger partial charge in [-0.3, -0.25) is 0 Å². The van der Waals surface area contributed by atoms with E-state index in [1.807, 2.05) is 54.6 Å². The molecule has 0 amide bonds. The summed E-state index contributed by atoms with van der Waals surface area (Å²) >= 11 is 0. The summed E-state index contributed by atoms with van der Waals surface area (Å²) in [6.07, 6.45) is 2.19. The number of esters is 2. The molecule has 3 rings (SSSR count). The van der Waals surface area contributed by atoms with Crippen LogP contribution < -0.4 is 18.9 Å². The number of ether oxygens (including phenoxy) is 6. The molecule has 0 aromatic heterocycles. The SMILES string of the molecule is C=CC(=O)OCCOc1cc(OCCOc2ccccc2)c(OCCOC(=O)C=C)c2ccccc12.